The second kappa shape index (κ2) is 3.08. The first kappa shape index (κ1) is 8.10. The van der Waals surface area contributed by atoms with Gasteiger partial charge in [-0.3, -0.25) is 4.99 Å². The third-order valence-electron chi connectivity index (χ3n) is 2.08. The van der Waals surface area contributed by atoms with E-state index in [9.17, 15) is 4.79 Å². The normalized spacial score (nSPS) is 17.7. The molecule has 1 aliphatic carbocycles. The zero-order chi connectivity index (χ0) is 9.26. The van der Waals surface area contributed by atoms with Crippen LogP contribution < -0.4 is 11.4 Å². The molecule has 4 N–H and O–H groups in total. The van der Waals surface area contributed by atoms with Crippen molar-refractivity contribution in [3.8, 4) is 0 Å². The average Bonchev–Trinajstić information content (AvgIpc) is 2.87. The SMILES string of the molecule is NC(=NCc1c[nH]c(=O)[nH]1)C1CC1. The van der Waals surface area contributed by atoms with Gasteiger partial charge in [0.15, 0.2) is 0 Å². The van der Waals surface area contributed by atoms with Crippen LogP contribution in [-0.2, 0) is 6.54 Å². The van der Waals surface area contributed by atoms with Gasteiger partial charge in [0.25, 0.3) is 0 Å². The number of hydrogen-bond donors (Lipinski definition) is 3. The Morgan fingerprint density at radius 2 is 2.46 bits per heavy atom. The number of rotatable bonds is 3. The number of nitrogens with zero attached hydrogens (tertiary/aromatic N) is 1. The van der Waals surface area contributed by atoms with Gasteiger partial charge in [0.05, 0.1) is 18.1 Å². The standard InChI is InChI=1S/C8H12N4O/c9-7(5-1-2-5)10-3-6-4-11-8(13)12-6/h4-5H,1-3H2,(H2,9,10)(H2,11,12,13). The van der Waals surface area contributed by atoms with Gasteiger partial charge >= 0.3 is 5.69 Å². The maximum atomic E-state index is 10.7. The van der Waals surface area contributed by atoms with Crippen molar-refractivity contribution in [2.45, 2.75) is 19.4 Å². The fraction of sp³-hybridized carbons (Fsp3) is 0.500. The molecule has 2 rings (SSSR count). The van der Waals surface area contributed by atoms with E-state index in [-0.39, 0.29) is 5.69 Å². The molecule has 5 heteroatoms. The summed E-state index contributed by atoms with van der Waals surface area (Å²) in [6.07, 6.45) is 3.92. The first-order valence-corrected chi connectivity index (χ1v) is 4.32. The van der Waals surface area contributed by atoms with E-state index < -0.39 is 0 Å². The molecule has 13 heavy (non-hydrogen) atoms. The van der Waals surface area contributed by atoms with Gasteiger partial charge in [-0.2, -0.15) is 0 Å². The van der Waals surface area contributed by atoms with Crippen LogP contribution in [0.1, 0.15) is 18.5 Å². The van der Waals surface area contributed by atoms with Crippen LogP contribution in [0.4, 0.5) is 0 Å². The fourth-order valence-electron chi connectivity index (χ4n) is 1.14. The van der Waals surface area contributed by atoms with Crippen LogP contribution in [0.25, 0.3) is 0 Å². The molecule has 5 nitrogen and oxygen atoms in total. The van der Waals surface area contributed by atoms with Crippen molar-refractivity contribution in [1.29, 1.82) is 0 Å². The molecule has 1 fully saturated rings. The number of amidine groups is 1. The highest BCUT2D eigenvalue weighted by Gasteiger charge is 2.25. The van der Waals surface area contributed by atoms with E-state index in [1.165, 1.54) is 0 Å². The summed E-state index contributed by atoms with van der Waals surface area (Å²) >= 11 is 0. The third-order valence-corrected chi connectivity index (χ3v) is 2.08. The number of hydrogen-bond acceptors (Lipinski definition) is 2. The third kappa shape index (κ3) is 1.99. The monoisotopic (exact) mass is 180 g/mol. The molecule has 0 unspecified atom stereocenters. The molecule has 0 atom stereocenters. The zero-order valence-electron chi connectivity index (χ0n) is 7.21. The highest BCUT2D eigenvalue weighted by Crippen LogP contribution is 2.28. The largest absolute Gasteiger partial charge is 0.387 e. The average molecular weight is 180 g/mol. The van der Waals surface area contributed by atoms with Crippen LogP contribution in [0.15, 0.2) is 16.0 Å². The number of H-pyrrole nitrogens is 2. The summed E-state index contributed by atoms with van der Waals surface area (Å²) in [5.41, 5.74) is 6.25. The molecule has 1 aliphatic rings. The zero-order valence-corrected chi connectivity index (χ0v) is 7.21. The molecule has 0 spiro atoms. The molecule has 0 aromatic carbocycles. The predicted octanol–water partition coefficient (Wildman–Crippen LogP) is -0.0298. The smallest absolute Gasteiger partial charge is 0.323 e. The minimum Gasteiger partial charge on any atom is -0.387 e. The summed E-state index contributed by atoms with van der Waals surface area (Å²) in [5.74, 6) is 1.20. The summed E-state index contributed by atoms with van der Waals surface area (Å²) < 4.78 is 0. The first-order valence-electron chi connectivity index (χ1n) is 4.32. The quantitative estimate of drug-likeness (QED) is 0.450. The van der Waals surface area contributed by atoms with Crippen molar-refractivity contribution in [3.05, 3.63) is 22.4 Å². The fourth-order valence-corrected chi connectivity index (χ4v) is 1.14. The lowest BCUT2D eigenvalue weighted by Crippen LogP contribution is -2.14. The molecular formula is C8H12N4O. The van der Waals surface area contributed by atoms with Gasteiger partial charge in [0, 0.05) is 12.1 Å². The Morgan fingerprint density at radius 1 is 1.69 bits per heavy atom. The van der Waals surface area contributed by atoms with Gasteiger partial charge in [-0.15, -0.1) is 0 Å². The molecule has 1 aromatic rings. The summed E-state index contributed by atoms with van der Waals surface area (Å²) in [6, 6.07) is 0. The summed E-state index contributed by atoms with van der Waals surface area (Å²) in [6.45, 7) is 0.459. The van der Waals surface area contributed by atoms with Crippen molar-refractivity contribution < 1.29 is 0 Å². The van der Waals surface area contributed by atoms with Crippen molar-refractivity contribution in [2.24, 2.45) is 16.6 Å². The topological polar surface area (TPSA) is 87.0 Å². The number of aromatic nitrogens is 2. The summed E-state index contributed by atoms with van der Waals surface area (Å²) in [4.78, 5) is 20.0. The van der Waals surface area contributed by atoms with Gasteiger partial charge in [-0.25, -0.2) is 4.79 Å². The molecule has 0 saturated heterocycles. The summed E-state index contributed by atoms with van der Waals surface area (Å²) in [5, 5.41) is 0. The molecule has 0 bridgehead atoms. The van der Waals surface area contributed by atoms with Gasteiger partial charge in [-0.1, -0.05) is 0 Å². The predicted molar refractivity (Wildman–Crippen MR) is 49.5 cm³/mol. The Kier molecular flexibility index (Phi) is 1.92. The van der Waals surface area contributed by atoms with Gasteiger partial charge in [0.2, 0.25) is 0 Å². The molecule has 1 heterocycles. The Hall–Kier alpha value is -1.52. The lowest BCUT2D eigenvalue weighted by Gasteiger charge is -1.95. The van der Waals surface area contributed by atoms with E-state index >= 15 is 0 Å². The van der Waals surface area contributed by atoms with Crippen LogP contribution in [0.2, 0.25) is 0 Å². The maximum absolute atomic E-state index is 10.7. The van der Waals surface area contributed by atoms with Crippen molar-refractivity contribution in [2.75, 3.05) is 0 Å². The molecule has 70 valence electrons. The highest BCUT2D eigenvalue weighted by molar-refractivity contribution is 5.84. The lowest BCUT2D eigenvalue weighted by molar-refractivity contribution is 0.972. The van der Waals surface area contributed by atoms with Crippen LogP contribution in [0.5, 0.6) is 0 Å². The Bertz CT molecular complexity index is 371. The molecule has 0 radical (unpaired) electrons. The van der Waals surface area contributed by atoms with E-state index in [0.717, 1.165) is 18.5 Å². The molecule has 1 aromatic heterocycles. The van der Waals surface area contributed by atoms with E-state index in [2.05, 4.69) is 15.0 Å². The second-order valence-corrected chi connectivity index (χ2v) is 3.28. The van der Waals surface area contributed by atoms with E-state index in [4.69, 9.17) is 5.73 Å². The molecule has 0 amide bonds. The number of imidazole rings is 1. The number of nitrogens with two attached hydrogens (primary N) is 1. The second-order valence-electron chi connectivity index (χ2n) is 3.28. The number of aliphatic imine (C=N–C) groups is 1. The number of aromatic amines is 2. The van der Waals surface area contributed by atoms with E-state index in [1.54, 1.807) is 6.20 Å². The van der Waals surface area contributed by atoms with Crippen LogP contribution in [-0.4, -0.2) is 15.8 Å². The minimum atomic E-state index is -0.199. The lowest BCUT2D eigenvalue weighted by atomic mass is 10.4. The van der Waals surface area contributed by atoms with Crippen molar-refractivity contribution >= 4 is 5.84 Å². The van der Waals surface area contributed by atoms with Crippen molar-refractivity contribution in [1.82, 2.24) is 9.97 Å². The van der Waals surface area contributed by atoms with Crippen LogP contribution >= 0.6 is 0 Å². The van der Waals surface area contributed by atoms with Gasteiger partial charge in [0.1, 0.15) is 0 Å². The van der Waals surface area contributed by atoms with Crippen LogP contribution in [0.3, 0.4) is 0 Å². The van der Waals surface area contributed by atoms with Gasteiger partial charge in [-0.05, 0) is 12.8 Å². The first-order chi connectivity index (χ1) is 6.25. The van der Waals surface area contributed by atoms with E-state index in [1.807, 2.05) is 0 Å². The Balaban J connectivity index is 1.98. The maximum Gasteiger partial charge on any atom is 0.323 e. The highest BCUT2D eigenvalue weighted by atomic mass is 16.1. The van der Waals surface area contributed by atoms with Crippen molar-refractivity contribution in [3.63, 3.8) is 0 Å². The molecule has 1 saturated carbocycles. The molecular weight excluding hydrogens is 168 g/mol. The molecule has 0 aliphatic heterocycles. The van der Waals surface area contributed by atoms with Gasteiger partial charge < -0.3 is 15.7 Å². The number of nitrogens with one attached hydrogen (secondary N) is 2. The van der Waals surface area contributed by atoms with Crippen LogP contribution in [0, 0.1) is 5.92 Å². The van der Waals surface area contributed by atoms with E-state index in [0.29, 0.717) is 18.3 Å². The summed E-state index contributed by atoms with van der Waals surface area (Å²) in [7, 11) is 0. The minimum absolute atomic E-state index is 0.199. The Labute approximate surface area is 75.1 Å². The Morgan fingerprint density at radius 3 is 3.00 bits per heavy atom.